The maximum Gasteiger partial charge on any atom is 0.274 e. The summed E-state index contributed by atoms with van der Waals surface area (Å²) in [5.41, 5.74) is 0.0564. The van der Waals surface area contributed by atoms with Crippen LogP contribution in [0.4, 0.5) is 11.5 Å². The molecule has 7 heteroatoms. The van der Waals surface area contributed by atoms with Crippen LogP contribution in [0, 0.1) is 21.4 Å². The lowest BCUT2D eigenvalue weighted by molar-refractivity contribution is -0.384. The fourth-order valence-corrected chi connectivity index (χ4v) is 2.39. The van der Waals surface area contributed by atoms with Crippen LogP contribution in [0.1, 0.15) is 13.3 Å². The number of anilines is 1. The first-order valence-corrected chi connectivity index (χ1v) is 6.64. The monoisotopic (exact) mass is 275 g/mol. The lowest BCUT2D eigenvalue weighted by Crippen LogP contribution is -2.50. The minimum atomic E-state index is -0.412. The second-order valence-corrected chi connectivity index (χ2v) is 4.71. The summed E-state index contributed by atoms with van der Waals surface area (Å²) in [5.74, 6) is 0.629. The van der Waals surface area contributed by atoms with Gasteiger partial charge in [-0.15, -0.1) is 0 Å². The van der Waals surface area contributed by atoms with E-state index in [-0.39, 0.29) is 11.7 Å². The van der Waals surface area contributed by atoms with Crippen LogP contribution in [0.3, 0.4) is 0 Å². The largest absolute Gasteiger partial charge is 0.354 e. The average molecular weight is 275 g/mol. The van der Waals surface area contributed by atoms with Crippen molar-refractivity contribution in [2.75, 3.05) is 31.1 Å². The molecule has 0 amide bonds. The number of pyridine rings is 1. The smallest absolute Gasteiger partial charge is 0.274 e. The van der Waals surface area contributed by atoms with E-state index in [1.54, 1.807) is 0 Å². The minimum Gasteiger partial charge on any atom is -0.354 e. The van der Waals surface area contributed by atoms with Gasteiger partial charge in [0.2, 0.25) is 0 Å². The van der Waals surface area contributed by atoms with Crippen molar-refractivity contribution in [2.45, 2.75) is 19.4 Å². The van der Waals surface area contributed by atoms with Crippen LogP contribution in [-0.4, -0.2) is 47.0 Å². The first-order valence-electron chi connectivity index (χ1n) is 6.64. The first kappa shape index (κ1) is 14.2. The van der Waals surface area contributed by atoms with E-state index in [9.17, 15) is 10.1 Å². The van der Waals surface area contributed by atoms with Crippen molar-refractivity contribution in [3.05, 3.63) is 28.4 Å². The van der Waals surface area contributed by atoms with E-state index in [4.69, 9.17) is 5.26 Å². The second-order valence-electron chi connectivity index (χ2n) is 4.71. The van der Waals surface area contributed by atoms with E-state index in [0.717, 1.165) is 32.6 Å². The Morgan fingerprint density at radius 2 is 2.20 bits per heavy atom. The molecule has 0 aliphatic carbocycles. The Morgan fingerprint density at radius 1 is 1.50 bits per heavy atom. The maximum atomic E-state index is 10.8. The van der Waals surface area contributed by atoms with Gasteiger partial charge in [-0.05, 0) is 6.42 Å². The molecule has 0 saturated carbocycles. The Morgan fingerprint density at radius 3 is 2.75 bits per heavy atom. The van der Waals surface area contributed by atoms with Crippen LogP contribution in [0.5, 0.6) is 0 Å². The number of nitriles is 1. The number of nitro groups is 1. The highest BCUT2D eigenvalue weighted by Gasteiger charge is 2.23. The molecular formula is C13H17N5O2. The van der Waals surface area contributed by atoms with Gasteiger partial charge in [0.25, 0.3) is 5.69 Å². The van der Waals surface area contributed by atoms with Crippen molar-refractivity contribution >= 4 is 11.5 Å². The minimum absolute atomic E-state index is 0.0461. The molecule has 0 N–H and O–H groups in total. The maximum absolute atomic E-state index is 10.8. The zero-order valence-electron chi connectivity index (χ0n) is 11.4. The molecule has 0 spiro atoms. The molecule has 1 atom stereocenters. The molecule has 1 aliphatic rings. The number of rotatable bonds is 4. The van der Waals surface area contributed by atoms with Crippen LogP contribution in [0.25, 0.3) is 0 Å². The van der Waals surface area contributed by atoms with E-state index < -0.39 is 4.92 Å². The number of piperazine rings is 1. The van der Waals surface area contributed by atoms with E-state index in [2.05, 4.69) is 16.0 Å². The van der Waals surface area contributed by atoms with Crippen LogP contribution in [0.15, 0.2) is 18.3 Å². The highest BCUT2D eigenvalue weighted by atomic mass is 16.6. The summed E-state index contributed by atoms with van der Waals surface area (Å²) in [5, 5.41) is 19.8. The van der Waals surface area contributed by atoms with E-state index in [1.165, 1.54) is 18.3 Å². The van der Waals surface area contributed by atoms with Gasteiger partial charge in [-0.1, -0.05) is 6.92 Å². The van der Waals surface area contributed by atoms with Gasteiger partial charge in [0.1, 0.15) is 5.82 Å². The topological polar surface area (TPSA) is 86.3 Å². The van der Waals surface area contributed by atoms with Crippen LogP contribution in [-0.2, 0) is 0 Å². The molecule has 0 aromatic carbocycles. The van der Waals surface area contributed by atoms with E-state index in [0.29, 0.717) is 5.82 Å². The third-order valence-corrected chi connectivity index (χ3v) is 3.55. The summed E-state index contributed by atoms with van der Waals surface area (Å²) in [6.07, 6.45) is 2.27. The van der Waals surface area contributed by atoms with Gasteiger partial charge >= 0.3 is 0 Å². The van der Waals surface area contributed by atoms with Gasteiger partial charge in [0, 0.05) is 38.4 Å². The molecule has 1 aromatic heterocycles. The van der Waals surface area contributed by atoms with E-state index in [1.807, 2.05) is 11.8 Å². The summed E-state index contributed by atoms with van der Waals surface area (Å²) in [4.78, 5) is 18.7. The Balaban J connectivity index is 2.02. The zero-order valence-corrected chi connectivity index (χ0v) is 11.4. The molecule has 1 unspecified atom stereocenters. The lowest BCUT2D eigenvalue weighted by atomic mass is 10.2. The van der Waals surface area contributed by atoms with Gasteiger partial charge in [-0.2, -0.15) is 5.26 Å². The highest BCUT2D eigenvalue weighted by molar-refractivity contribution is 5.47. The summed E-state index contributed by atoms with van der Waals surface area (Å²) >= 11 is 0. The average Bonchev–Trinajstić information content (AvgIpc) is 2.49. The summed E-state index contributed by atoms with van der Waals surface area (Å²) in [7, 11) is 0. The Kier molecular flexibility index (Phi) is 4.48. The predicted molar refractivity (Wildman–Crippen MR) is 74.4 cm³/mol. The van der Waals surface area contributed by atoms with Gasteiger partial charge in [-0.25, -0.2) is 4.98 Å². The number of hydrogen-bond acceptors (Lipinski definition) is 6. The molecule has 1 saturated heterocycles. The first-order chi connectivity index (χ1) is 9.65. The molecule has 7 nitrogen and oxygen atoms in total. The summed E-state index contributed by atoms with van der Waals surface area (Å²) in [6.45, 7) is 5.01. The van der Waals surface area contributed by atoms with Crippen molar-refractivity contribution < 1.29 is 4.92 Å². The lowest BCUT2D eigenvalue weighted by Gasteiger charge is -2.37. The van der Waals surface area contributed by atoms with E-state index >= 15 is 0 Å². The van der Waals surface area contributed by atoms with Crippen molar-refractivity contribution in [1.29, 1.82) is 5.26 Å². The van der Waals surface area contributed by atoms with Crippen LogP contribution < -0.4 is 4.90 Å². The standard InChI is InChI=1S/C13H17N5O2/c1-2-11(10-14)16-5-7-17(8-6-16)13-9-12(18(19)20)3-4-15-13/h3-4,9,11H,2,5-8H2,1H3. The second kappa shape index (κ2) is 6.30. The van der Waals surface area contributed by atoms with Crippen molar-refractivity contribution in [3.63, 3.8) is 0 Å². The van der Waals surface area contributed by atoms with Crippen LogP contribution in [0.2, 0.25) is 0 Å². The van der Waals surface area contributed by atoms with Gasteiger partial charge < -0.3 is 4.90 Å². The molecule has 2 heterocycles. The molecule has 1 fully saturated rings. The van der Waals surface area contributed by atoms with Crippen molar-refractivity contribution in [2.24, 2.45) is 0 Å². The quantitative estimate of drug-likeness (QED) is 0.610. The van der Waals surface area contributed by atoms with Gasteiger partial charge in [0.05, 0.1) is 23.1 Å². The number of hydrogen-bond donors (Lipinski definition) is 0. The summed E-state index contributed by atoms with van der Waals surface area (Å²) < 4.78 is 0. The molecule has 20 heavy (non-hydrogen) atoms. The zero-order chi connectivity index (χ0) is 14.5. The molecule has 0 bridgehead atoms. The van der Waals surface area contributed by atoms with Gasteiger partial charge in [-0.3, -0.25) is 15.0 Å². The molecule has 2 rings (SSSR count). The third-order valence-electron chi connectivity index (χ3n) is 3.55. The number of aromatic nitrogens is 1. The Bertz CT molecular complexity index is 520. The van der Waals surface area contributed by atoms with Crippen LogP contribution >= 0.6 is 0 Å². The fraction of sp³-hybridized carbons (Fsp3) is 0.538. The Labute approximate surface area is 117 Å². The Hall–Kier alpha value is -2.20. The molecular weight excluding hydrogens is 258 g/mol. The molecule has 1 aliphatic heterocycles. The molecule has 106 valence electrons. The summed E-state index contributed by atoms with van der Waals surface area (Å²) in [6, 6.07) is 5.15. The number of nitrogens with zero attached hydrogens (tertiary/aromatic N) is 5. The molecule has 1 aromatic rings. The predicted octanol–water partition coefficient (Wildman–Crippen LogP) is 1.41. The fourth-order valence-electron chi connectivity index (χ4n) is 2.39. The third kappa shape index (κ3) is 3.03. The highest BCUT2D eigenvalue weighted by Crippen LogP contribution is 2.20. The SMILES string of the molecule is CCC(C#N)N1CCN(c2cc([N+](=O)[O-])ccn2)CC1. The molecule has 0 radical (unpaired) electrons. The van der Waals surface area contributed by atoms with Gasteiger partial charge in [0.15, 0.2) is 0 Å². The van der Waals surface area contributed by atoms with Crippen molar-refractivity contribution in [3.8, 4) is 6.07 Å². The van der Waals surface area contributed by atoms with Crippen molar-refractivity contribution in [1.82, 2.24) is 9.88 Å². The normalized spacial score (nSPS) is 17.5.